The van der Waals surface area contributed by atoms with Crippen molar-refractivity contribution >= 4 is 5.91 Å². The molecule has 92 valence electrons. The first-order valence-electron chi connectivity index (χ1n) is 6.05. The second-order valence-electron chi connectivity index (χ2n) is 4.96. The molecule has 0 spiro atoms. The highest BCUT2D eigenvalue weighted by atomic mass is 16.2. The number of nitrogens with zero attached hydrogens (tertiary/aromatic N) is 2. The molecule has 1 fully saturated rings. The van der Waals surface area contributed by atoms with Crippen LogP contribution >= 0.6 is 0 Å². The smallest absolute Gasteiger partial charge is 0.254 e. The van der Waals surface area contributed by atoms with E-state index in [0.717, 1.165) is 18.5 Å². The molecular weight excluding hydrogens is 214 g/mol. The van der Waals surface area contributed by atoms with Gasteiger partial charge in [0, 0.05) is 30.5 Å². The van der Waals surface area contributed by atoms with Crippen molar-refractivity contribution in [3.63, 3.8) is 0 Å². The fourth-order valence-electron chi connectivity index (χ4n) is 2.37. The summed E-state index contributed by atoms with van der Waals surface area (Å²) < 4.78 is 0. The molecule has 4 heteroatoms. The predicted molar refractivity (Wildman–Crippen MR) is 66.7 cm³/mol. The number of hydrogen-bond acceptors (Lipinski definition) is 3. The molecule has 0 atom stereocenters. The molecular formula is C13H19N3O. The van der Waals surface area contributed by atoms with Gasteiger partial charge >= 0.3 is 0 Å². The Kier molecular flexibility index (Phi) is 3.15. The molecule has 0 saturated carbocycles. The summed E-state index contributed by atoms with van der Waals surface area (Å²) in [6.45, 7) is 5.34. The minimum absolute atomic E-state index is 0.0627. The maximum atomic E-state index is 12.1. The monoisotopic (exact) mass is 233 g/mol. The maximum Gasteiger partial charge on any atom is 0.254 e. The van der Waals surface area contributed by atoms with Gasteiger partial charge < -0.3 is 10.6 Å². The number of aryl methyl sites for hydroxylation is 1. The number of rotatable bonds is 3. The van der Waals surface area contributed by atoms with Crippen LogP contribution in [0.3, 0.4) is 0 Å². The van der Waals surface area contributed by atoms with Gasteiger partial charge in [-0.05, 0) is 25.5 Å². The molecule has 2 rings (SSSR count). The summed E-state index contributed by atoms with van der Waals surface area (Å²) in [7, 11) is 0. The fourth-order valence-corrected chi connectivity index (χ4v) is 2.37. The van der Waals surface area contributed by atoms with Gasteiger partial charge in [0.15, 0.2) is 0 Å². The SMILES string of the molecule is CCCC1(N)CN(C(=O)c2ccnc(C)c2)C1. The predicted octanol–water partition coefficient (Wildman–Crippen LogP) is 1.34. The fraction of sp³-hybridized carbons (Fsp3) is 0.538. The van der Waals surface area contributed by atoms with E-state index in [2.05, 4.69) is 11.9 Å². The Balaban J connectivity index is 2.00. The van der Waals surface area contributed by atoms with Gasteiger partial charge in [0.2, 0.25) is 0 Å². The molecule has 1 aliphatic heterocycles. The van der Waals surface area contributed by atoms with Gasteiger partial charge in [-0.2, -0.15) is 0 Å². The van der Waals surface area contributed by atoms with Crippen LogP contribution in [-0.4, -0.2) is 34.4 Å². The highest BCUT2D eigenvalue weighted by molar-refractivity contribution is 5.95. The number of nitrogens with two attached hydrogens (primary N) is 1. The molecule has 0 aromatic carbocycles. The van der Waals surface area contributed by atoms with E-state index in [4.69, 9.17) is 5.73 Å². The molecule has 2 heterocycles. The van der Waals surface area contributed by atoms with E-state index >= 15 is 0 Å². The van der Waals surface area contributed by atoms with Crippen molar-refractivity contribution in [3.05, 3.63) is 29.6 Å². The standard InChI is InChI=1S/C13H19N3O/c1-3-5-13(14)8-16(9-13)12(17)11-4-6-15-10(2)7-11/h4,6-7H,3,5,8-9,14H2,1-2H3. The quantitative estimate of drug-likeness (QED) is 0.857. The zero-order valence-corrected chi connectivity index (χ0v) is 10.4. The normalized spacial score (nSPS) is 17.7. The third kappa shape index (κ3) is 2.47. The van der Waals surface area contributed by atoms with Gasteiger partial charge in [0.1, 0.15) is 0 Å². The summed E-state index contributed by atoms with van der Waals surface area (Å²) in [6, 6.07) is 3.57. The average molecular weight is 233 g/mol. The zero-order chi connectivity index (χ0) is 12.5. The third-order valence-electron chi connectivity index (χ3n) is 3.19. The first-order chi connectivity index (χ1) is 8.04. The molecule has 1 amide bonds. The minimum atomic E-state index is -0.160. The van der Waals surface area contributed by atoms with Crippen molar-refractivity contribution in [2.75, 3.05) is 13.1 Å². The van der Waals surface area contributed by atoms with E-state index < -0.39 is 0 Å². The first-order valence-corrected chi connectivity index (χ1v) is 6.05. The average Bonchev–Trinajstić information content (AvgIpc) is 2.25. The molecule has 1 aromatic rings. The summed E-state index contributed by atoms with van der Waals surface area (Å²) >= 11 is 0. The summed E-state index contributed by atoms with van der Waals surface area (Å²) in [5.74, 6) is 0.0627. The summed E-state index contributed by atoms with van der Waals surface area (Å²) in [5.41, 5.74) is 7.55. The van der Waals surface area contributed by atoms with Crippen LogP contribution in [0.25, 0.3) is 0 Å². The molecule has 0 aliphatic carbocycles. The molecule has 17 heavy (non-hydrogen) atoms. The topological polar surface area (TPSA) is 59.2 Å². The number of likely N-dealkylation sites (tertiary alicyclic amines) is 1. The zero-order valence-electron chi connectivity index (χ0n) is 10.4. The van der Waals surface area contributed by atoms with Gasteiger partial charge in [-0.15, -0.1) is 0 Å². The van der Waals surface area contributed by atoms with Gasteiger partial charge in [-0.25, -0.2) is 0 Å². The largest absolute Gasteiger partial charge is 0.335 e. The maximum absolute atomic E-state index is 12.1. The van der Waals surface area contributed by atoms with Crippen LogP contribution in [0.2, 0.25) is 0 Å². The Bertz CT molecular complexity index is 424. The number of carbonyl (C=O) groups is 1. The van der Waals surface area contributed by atoms with E-state index in [1.54, 1.807) is 12.3 Å². The molecule has 0 bridgehead atoms. The summed E-state index contributed by atoms with van der Waals surface area (Å²) in [4.78, 5) is 18.0. The molecule has 1 aliphatic rings. The van der Waals surface area contributed by atoms with Crippen molar-refractivity contribution in [2.45, 2.75) is 32.2 Å². The number of pyridine rings is 1. The van der Waals surface area contributed by atoms with Crippen molar-refractivity contribution in [1.82, 2.24) is 9.88 Å². The van der Waals surface area contributed by atoms with Crippen LogP contribution in [0.5, 0.6) is 0 Å². The Labute approximate surface area is 102 Å². The van der Waals surface area contributed by atoms with Crippen molar-refractivity contribution in [1.29, 1.82) is 0 Å². The molecule has 0 unspecified atom stereocenters. The van der Waals surface area contributed by atoms with E-state index in [1.807, 2.05) is 17.9 Å². The van der Waals surface area contributed by atoms with Crippen molar-refractivity contribution < 1.29 is 4.79 Å². The molecule has 0 radical (unpaired) electrons. The van der Waals surface area contributed by atoms with Crippen LogP contribution in [0.15, 0.2) is 18.3 Å². The lowest BCUT2D eigenvalue weighted by atomic mass is 9.86. The molecule has 1 saturated heterocycles. The third-order valence-corrected chi connectivity index (χ3v) is 3.19. The lowest BCUT2D eigenvalue weighted by Gasteiger charge is -2.47. The number of hydrogen-bond donors (Lipinski definition) is 1. The van der Waals surface area contributed by atoms with Gasteiger partial charge in [0.25, 0.3) is 5.91 Å². The van der Waals surface area contributed by atoms with Crippen LogP contribution in [0.1, 0.15) is 35.8 Å². The molecule has 2 N–H and O–H groups in total. The summed E-state index contributed by atoms with van der Waals surface area (Å²) in [6.07, 6.45) is 3.71. The first kappa shape index (κ1) is 12.0. The number of amides is 1. The van der Waals surface area contributed by atoms with E-state index in [9.17, 15) is 4.79 Å². The number of aromatic nitrogens is 1. The minimum Gasteiger partial charge on any atom is -0.335 e. The van der Waals surface area contributed by atoms with E-state index in [0.29, 0.717) is 18.7 Å². The Morgan fingerprint density at radius 2 is 2.29 bits per heavy atom. The van der Waals surface area contributed by atoms with E-state index in [1.165, 1.54) is 0 Å². The second kappa shape index (κ2) is 4.45. The van der Waals surface area contributed by atoms with Gasteiger partial charge in [-0.3, -0.25) is 9.78 Å². The highest BCUT2D eigenvalue weighted by Gasteiger charge is 2.41. The Morgan fingerprint density at radius 1 is 1.59 bits per heavy atom. The van der Waals surface area contributed by atoms with Crippen LogP contribution in [0, 0.1) is 6.92 Å². The van der Waals surface area contributed by atoms with Gasteiger partial charge in [0.05, 0.1) is 5.54 Å². The van der Waals surface area contributed by atoms with Crippen LogP contribution in [-0.2, 0) is 0 Å². The van der Waals surface area contributed by atoms with E-state index in [-0.39, 0.29) is 11.4 Å². The molecule has 1 aromatic heterocycles. The summed E-state index contributed by atoms with van der Waals surface area (Å²) in [5, 5.41) is 0. The highest BCUT2D eigenvalue weighted by Crippen LogP contribution is 2.24. The van der Waals surface area contributed by atoms with Crippen molar-refractivity contribution in [3.8, 4) is 0 Å². The Hall–Kier alpha value is -1.42. The lowest BCUT2D eigenvalue weighted by molar-refractivity contribution is 0.0386. The van der Waals surface area contributed by atoms with Crippen LogP contribution in [0.4, 0.5) is 0 Å². The van der Waals surface area contributed by atoms with Gasteiger partial charge in [-0.1, -0.05) is 13.3 Å². The molecule has 4 nitrogen and oxygen atoms in total. The van der Waals surface area contributed by atoms with Crippen LogP contribution < -0.4 is 5.73 Å². The Morgan fingerprint density at radius 3 is 2.88 bits per heavy atom. The lowest BCUT2D eigenvalue weighted by Crippen LogP contribution is -2.68. The number of carbonyl (C=O) groups excluding carboxylic acids is 1. The van der Waals surface area contributed by atoms with Crippen molar-refractivity contribution in [2.24, 2.45) is 5.73 Å². The second-order valence-corrected chi connectivity index (χ2v) is 4.96.